The summed E-state index contributed by atoms with van der Waals surface area (Å²) in [5.41, 5.74) is 5.51. The number of rotatable bonds is 6. The van der Waals surface area contributed by atoms with Gasteiger partial charge in [0.2, 0.25) is 0 Å². The Morgan fingerprint density at radius 1 is 1.12 bits per heavy atom. The number of benzene rings is 1. The summed E-state index contributed by atoms with van der Waals surface area (Å²) in [5, 5.41) is 37.8. The second-order valence-corrected chi connectivity index (χ2v) is 4.19. The van der Waals surface area contributed by atoms with E-state index in [9.17, 15) is 20.4 Å². The first-order valence-electron chi connectivity index (χ1n) is 5.43. The molecule has 6 N–H and O–H groups in total. The zero-order valence-corrected chi connectivity index (χ0v) is 9.58. The molecule has 0 heterocycles. The summed E-state index contributed by atoms with van der Waals surface area (Å²) in [4.78, 5) is 0. The number of nitrogens with two attached hydrogens (primary N) is 1. The highest BCUT2D eigenvalue weighted by Crippen LogP contribution is 2.33. The van der Waals surface area contributed by atoms with Crippen LogP contribution in [0.2, 0.25) is 0 Å². The van der Waals surface area contributed by atoms with Crippen LogP contribution in [0.15, 0.2) is 24.3 Å². The Kier molecular flexibility index (Phi) is 5.04. The maximum absolute atomic E-state index is 10.1. The van der Waals surface area contributed by atoms with Crippen molar-refractivity contribution in [1.29, 1.82) is 0 Å². The van der Waals surface area contributed by atoms with E-state index in [-0.39, 0.29) is 0 Å². The van der Waals surface area contributed by atoms with E-state index in [1.165, 1.54) is 0 Å². The number of hydrogen-bond donors (Lipinski definition) is 5. The van der Waals surface area contributed by atoms with Gasteiger partial charge in [-0.05, 0) is 11.1 Å². The SMILES string of the molecule is NCc1cccc(C(O)C(CO)(CO)CO)c1. The van der Waals surface area contributed by atoms with Crippen molar-refractivity contribution in [1.82, 2.24) is 0 Å². The third-order valence-electron chi connectivity index (χ3n) is 3.03. The van der Waals surface area contributed by atoms with Crippen LogP contribution in [0.5, 0.6) is 0 Å². The van der Waals surface area contributed by atoms with E-state index >= 15 is 0 Å². The van der Waals surface area contributed by atoms with Gasteiger partial charge in [-0.25, -0.2) is 0 Å². The summed E-state index contributed by atoms with van der Waals surface area (Å²) < 4.78 is 0. The van der Waals surface area contributed by atoms with Gasteiger partial charge < -0.3 is 26.2 Å². The Morgan fingerprint density at radius 3 is 2.18 bits per heavy atom. The first-order valence-corrected chi connectivity index (χ1v) is 5.43. The molecule has 0 amide bonds. The molecule has 17 heavy (non-hydrogen) atoms. The molecule has 96 valence electrons. The van der Waals surface area contributed by atoms with Crippen molar-refractivity contribution in [3.63, 3.8) is 0 Å². The fraction of sp³-hybridized carbons (Fsp3) is 0.500. The highest BCUT2D eigenvalue weighted by atomic mass is 16.3. The number of aliphatic hydroxyl groups is 4. The van der Waals surface area contributed by atoms with Crippen LogP contribution in [0.3, 0.4) is 0 Å². The summed E-state index contributed by atoms with van der Waals surface area (Å²) in [7, 11) is 0. The van der Waals surface area contributed by atoms with E-state index in [1.807, 2.05) is 6.07 Å². The van der Waals surface area contributed by atoms with Gasteiger partial charge in [-0.15, -0.1) is 0 Å². The summed E-state index contributed by atoms with van der Waals surface area (Å²) >= 11 is 0. The van der Waals surface area contributed by atoms with Crippen LogP contribution in [-0.2, 0) is 6.54 Å². The molecule has 0 radical (unpaired) electrons. The molecular weight excluding hydrogens is 222 g/mol. The molecule has 1 rings (SSSR count). The predicted octanol–water partition coefficient (Wildman–Crippen LogP) is -0.858. The Bertz CT molecular complexity index is 344. The highest BCUT2D eigenvalue weighted by molar-refractivity contribution is 5.26. The summed E-state index contributed by atoms with van der Waals surface area (Å²) in [5.74, 6) is 0. The molecule has 0 fully saturated rings. The molecule has 1 unspecified atom stereocenters. The maximum atomic E-state index is 10.1. The average Bonchev–Trinajstić information content (AvgIpc) is 2.41. The topological polar surface area (TPSA) is 107 Å². The van der Waals surface area contributed by atoms with Gasteiger partial charge in [0.15, 0.2) is 0 Å². The minimum absolute atomic E-state index is 0.338. The fourth-order valence-electron chi connectivity index (χ4n) is 1.65. The lowest BCUT2D eigenvalue weighted by atomic mass is 9.80. The molecule has 0 saturated heterocycles. The minimum atomic E-state index is -1.34. The molecule has 0 aliphatic rings. The number of aliphatic hydroxyl groups excluding tert-OH is 4. The van der Waals surface area contributed by atoms with E-state index in [0.29, 0.717) is 12.1 Å². The molecule has 1 aromatic carbocycles. The van der Waals surface area contributed by atoms with Crippen LogP contribution in [0.25, 0.3) is 0 Å². The second-order valence-electron chi connectivity index (χ2n) is 4.19. The molecule has 0 aliphatic carbocycles. The molecule has 0 spiro atoms. The summed E-state index contributed by atoms with van der Waals surface area (Å²) in [6.07, 6.45) is -1.14. The molecule has 0 aliphatic heterocycles. The molecular formula is C12H19NO4. The van der Waals surface area contributed by atoms with Crippen molar-refractivity contribution >= 4 is 0 Å². The zero-order chi connectivity index (χ0) is 12.9. The standard InChI is InChI=1S/C12H19NO4/c13-5-9-2-1-3-10(4-9)11(17)12(6-14,7-15)8-16/h1-4,11,14-17H,5-8,13H2. The van der Waals surface area contributed by atoms with Crippen LogP contribution in [0.1, 0.15) is 17.2 Å². The zero-order valence-electron chi connectivity index (χ0n) is 9.58. The van der Waals surface area contributed by atoms with Gasteiger partial charge in [-0.2, -0.15) is 0 Å². The molecule has 1 aromatic rings. The maximum Gasteiger partial charge on any atom is 0.0912 e. The third-order valence-corrected chi connectivity index (χ3v) is 3.03. The van der Waals surface area contributed by atoms with Gasteiger partial charge >= 0.3 is 0 Å². The summed E-state index contributed by atoms with van der Waals surface area (Å²) in [6, 6.07) is 6.91. The molecule has 5 nitrogen and oxygen atoms in total. The average molecular weight is 241 g/mol. The van der Waals surface area contributed by atoms with Crippen molar-refractivity contribution < 1.29 is 20.4 Å². The van der Waals surface area contributed by atoms with E-state index in [4.69, 9.17) is 5.73 Å². The Morgan fingerprint density at radius 2 is 1.71 bits per heavy atom. The molecule has 0 bridgehead atoms. The molecule has 0 aromatic heterocycles. The smallest absolute Gasteiger partial charge is 0.0912 e. The van der Waals surface area contributed by atoms with E-state index in [1.54, 1.807) is 18.2 Å². The largest absolute Gasteiger partial charge is 0.395 e. The molecule has 1 atom stereocenters. The van der Waals surface area contributed by atoms with Gasteiger partial charge in [0, 0.05) is 6.54 Å². The lowest BCUT2D eigenvalue weighted by Gasteiger charge is -2.33. The van der Waals surface area contributed by atoms with Crippen LogP contribution in [0.4, 0.5) is 0 Å². The lowest BCUT2D eigenvalue weighted by molar-refractivity contribution is -0.0852. The summed E-state index contributed by atoms with van der Waals surface area (Å²) in [6.45, 7) is -1.18. The Labute approximate surface area is 100 Å². The van der Waals surface area contributed by atoms with Crippen molar-refractivity contribution in [2.24, 2.45) is 11.1 Å². The van der Waals surface area contributed by atoms with Crippen molar-refractivity contribution in [2.45, 2.75) is 12.6 Å². The number of hydrogen-bond acceptors (Lipinski definition) is 5. The van der Waals surface area contributed by atoms with Crippen molar-refractivity contribution in [2.75, 3.05) is 19.8 Å². The Hall–Kier alpha value is -0.980. The highest BCUT2D eigenvalue weighted by Gasteiger charge is 2.37. The minimum Gasteiger partial charge on any atom is -0.395 e. The quantitative estimate of drug-likeness (QED) is 0.445. The van der Waals surface area contributed by atoms with Gasteiger partial charge in [0.1, 0.15) is 0 Å². The van der Waals surface area contributed by atoms with Gasteiger partial charge in [-0.1, -0.05) is 24.3 Å². The lowest BCUT2D eigenvalue weighted by Crippen LogP contribution is -2.40. The van der Waals surface area contributed by atoms with Crippen molar-refractivity contribution in [3.8, 4) is 0 Å². The first kappa shape index (κ1) is 14.1. The van der Waals surface area contributed by atoms with Crippen LogP contribution in [0, 0.1) is 5.41 Å². The van der Waals surface area contributed by atoms with E-state index in [0.717, 1.165) is 5.56 Å². The van der Waals surface area contributed by atoms with Crippen molar-refractivity contribution in [3.05, 3.63) is 35.4 Å². The van der Waals surface area contributed by atoms with Crippen LogP contribution < -0.4 is 5.73 Å². The van der Waals surface area contributed by atoms with E-state index < -0.39 is 31.3 Å². The fourth-order valence-corrected chi connectivity index (χ4v) is 1.65. The van der Waals surface area contributed by atoms with E-state index in [2.05, 4.69) is 0 Å². The van der Waals surface area contributed by atoms with Gasteiger partial charge in [-0.3, -0.25) is 0 Å². The monoisotopic (exact) mass is 241 g/mol. The molecule has 5 heteroatoms. The first-order chi connectivity index (χ1) is 8.13. The predicted molar refractivity (Wildman–Crippen MR) is 63.0 cm³/mol. The normalized spacial score (nSPS) is 13.7. The second kappa shape index (κ2) is 6.09. The Balaban J connectivity index is 3.04. The van der Waals surface area contributed by atoms with Gasteiger partial charge in [0.25, 0.3) is 0 Å². The molecule has 0 saturated carbocycles. The third kappa shape index (κ3) is 2.83. The van der Waals surface area contributed by atoms with Gasteiger partial charge in [0.05, 0.1) is 31.3 Å². The van der Waals surface area contributed by atoms with Crippen LogP contribution >= 0.6 is 0 Å². The van der Waals surface area contributed by atoms with Crippen LogP contribution in [-0.4, -0.2) is 40.2 Å².